The van der Waals surface area contributed by atoms with Gasteiger partial charge in [-0.25, -0.2) is 0 Å². The average molecular weight is 558 g/mol. The van der Waals surface area contributed by atoms with Gasteiger partial charge in [-0.1, -0.05) is 25.4 Å². The van der Waals surface area contributed by atoms with Crippen molar-refractivity contribution in [2.75, 3.05) is 6.54 Å². The maximum absolute atomic E-state index is 13.7. The molecule has 0 radical (unpaired) electrons. The van der Waals surface area contributed by atoms with Gasteiger partial charge in [0.2, 0.25) is 11.8 Å². The van der Waals surface area contributed by atoms with Gasteiger partial charge in [0.25, 0.3) is 0 Å². The first-order chi connectivity index (χ1) is 17.4. The van der Waals surface area contributed by atoms with Crippen LogP contribution in [0.1, 0.15) is 53.1 Å². The molecule has 13 heteroatoms. The molecule has 0 spiro atoms. The van der Waals surface area contributed by atoms with Crippen molar-refractivity contribution in [3.05, 3.63) is 29.0 Å². The molecule has 0 aromatic carbocycles. The Hall–Kier alpha value is -2.91. The molecule has 9 nitrogen and oxygen atoms in total. The summed E-state index contributed by atoms with van der Waals surface area (Å²) in [6, 6.07) is -0.469. The van der Waals surface area contributed by atoms with Gasteiger partial charge in [-0.2, -0.15) is 18.4 Å². The molecule has 6 atom stereocenters. The highest BCUT2D eigenvalue weighted by Crippen LogP contribution is 2.65. The van der Waals surface area contributed by atoms with E-state index in [1.807, 2.05) is 19.9 Å². The maximum Gasteiger partial charge on any atom is 0.471 e. The number of alkyl halides is 3. The predicted octanol–water partition coefficient (Wildman–Crippen LogP) is 3.15. The fourth-order valence-corrected chi connectivity index (χ4v) is 5.41. The number of aromatic nitrogens is 1. The van der Waals surface area contributed by atoms with Crippen molar-refractivity contribution < 1.29 is 32.3 Å². The number of nitriles is 1. The molecule has 208 valence electrons. The van der Waals surface area contributed by atoms with Crippen molar-refractivity contribution in [1.29, 1.82) is 5.26 Å². The van der Waals surface area contributed by atoms with Crippen LogP contribution in [0.3, 0.4) is 0 Å². The Labute approximate surface area is 224 Å². The molecular weight excluding hydrogens is 527 g/mol. The number of rotatable bonds is 7. The van der Waals surface area contributed by atoms with Gasteiger partial charge < -0.3 is 20.3 Å². The highest BCUT2D eigenvalue weighted by molar-refractivity contribution is 6.30. The Morgan fingerprint density at radius 1 is 1.24 bits per heavy atom. The number of pyridine rings is 1. The summed E-state index contributed by atoms with van der Waals surface area (Å²) in [7, 11) is 0. The number of carbonyl (C=O) groups excluding carboxylic acids is 3. The molecule has 1 unspecified atom stereocenters. The normalized spacial score (nSPS) is 24.4. The highest BCUT2D eigenvalue weighted by Gasteiger charge is 2.69. The van der Waals surface area contributed by atoms with Gasteiger partial charge >= 0.3 is 12.1 Å². The number of nitrogens with zero attached hydrogens (tertiary/aromatic N) is 3. The molecule has 1 saturated heterocycles. The Balaban J connectivity index is 1.90. The zero-order valence-electron chi connectivity index (χ0n) is 21.9. The SMILES string of the molecule is C[C@@H](OC(C)(C)C)[C@H](NC(=O)C(F)(F)F)C(=O)N1C[C@H]2[C@@H]([C@H]1C(=O)NC(C#N)c1cncc(Cl)c1)C2(C)C. The van der Waals surface area contributed by atoms with E-state index < -0.39 is 53.7 Å². The zero-order valence-corrected chi connectivity index (χ0v) is 22.6. The van der Waals surface area contributed by atoms with Crippen LogP contribution in [0.25, 0.3) is 0 Å². The lowest BCUT2D eigenvalue weighted by Gasteiger charge is -2.36. The zero-order chi connectivity index (χ0) is 28.8. The maximum atomic E-state index is 13.7. The standard InChI is InChI=1S/C25H31ClF3N5O4/c1-12(38-23(2,3)4)18(33-22(37)25(27,28)29)21(36)34-11-15-17(24(15,5)6)19(34)20(35)32-16(8-30)13-7-14(26)10-31-9-13/h7,9-10,12,15-19H,11H2,1-6H3,(H,32,35)(H,33,37)/t12-,15+,16?,17+,18+,19+/m1/s1. The summed E-state index contributed by atoms with van der Waals surface area (Å²) in [6.07, 6.45) is -3.63. The van der Waals surface area contributed by atoms with E-state index in [2.05, 4.69) is 10.3 Å². The van der Waals surface area contributed by atoms with E-state index in [-0.39, 0.29) is 28.8 Å². The quantitative estimate of drug-likeness (QED) is 0.531. The van der Waals surface area contributed by atoms with E-state index in [9.17, 15) is 32.8 Å². The molecule has 2 fully saturated rings. The van der Waals surface area contributed by atoms with E-state index in [0.717, 1.165) is 0 Å². The second kappa shape index (κ2) is 10.3. The number of hydrogen-bond donors (Lipinski definition) is 2. The number of nitrogens with one attached hydrogen (secondary N) is 2. The van der Waals surface area contributed by atoms with E-state index in [1.54, 1.807) is 26.1 Å². The number of carbonyl (C=O) groups is 3. The molecule has 1 aliphatic carbocycles. The van der Waals surface area contributed by atoms with Crippen LogP contribution in [-0.4, -0.2) is 64.1 Å². The largest absolute Gasteiger partial charge is 0.471 e. The lowest BCUT2D eigenvalue weighted by atomic mass is 9.98. The Morgan fingerprint density at radius 2 is 1.87 bits per heavy atom. The summed E-state index contributed by atoms with van der Waals surface area (Å²) in [4.78, 5) is 44.1. The van der Waals surface area contributed by atoms with E-state index in [0.29, 0.717) is 5.56 Å². The Morgan fingerprint density at radius 3 is 2.39 bits per heavy atom. The Kier molecular flexibility index (Phi) is 8.06. The third-order valence-electron chi connectivity index (χ3n) is 7.05. The first-order valence-corrected chi connectivity index (χ1v) is 12.4. The molecule has 3 amide bonds. The Bertz CT molecular complexity index is 1150. The van der Waals surface area contributed by atoms with Crippen LogP contribution >= 0.6 is 11.6 Å². The number of halogens is 4. The second-order valence-corrected chi connectivity index (χ2v) is 11.7. The number of amides is 3. The number of fused-ring (bicyclic) bond motifs is 1. The fraction of sp³-hybridized carbons (Fsp3) is 0.640. The van der Waals surface area contributed by atoms with Gasteiger partial charge in [-0.05, 0) is 51.0 Å². The number of likely N-dealkylation sites (tertiary alicyclic amines) is 1. The summed E-state index contributed by atoms with van der Waals surface area (Å²) in [5.41, 5.74) is -0.812. The monoisotopic (exact) mass is 557 g/mol. The summed E-state index contributed by atoms with van der Waals surface area (Å²) >= 11 is 5.96. The molecule has 0 bridgehead atoms. The van der Waals surface area contributed by atoms with E-state index >= 15 is 0 Å². The van der Waals surface area contributed by atoms with Crippen molar-refractivity contribution in [2.45, 2.75) is 77.5 Å². The number of hydrogen-bond acceptors (Lipinski definition) is 6. The van der Waals surface area contributed by atoms with Gasteiger partial charge in [0.05, 0.1) is 22.8 Å². The number of piperidine rings is 1. The average Bonchev–Trinajstić information content (AvgIpc) is 3.12. The minimum absolute atomic E-state index is 0.0895. The van der Waals surface area contributed by atoms with Crippen LogP contribution < -0.4 is 10.6 Å². The molecule has 2 aliphatic rings. The predicted molar refractivity (Wildman–Crippen MR) is 130 cm³/mol. The third kappa shape index (κ3) is 6.21. The first-order valence-electron chi connectivity index (χ1n) is 12.0. The summed E-state index contributed by atoms with van der Waals surface area (Å²) < 4.78 is 45.1. The van der Waals surface area contributed by atoms with Crippen LogP contribution in [0, 0.1) is 28.6 Å². The van der Waals surface area contributed by atoms with Crippen molar-refractivity contribution in [3.8, 4) is 6.07 Å². The van der Waals surface area contributed by atoms with Gasteiger partial charge in [0, 0.05) is 24.5 Å². The lowest BCUT2D eigenvalue weighted by molar-refractivity contribution is -0.177. The van der Waals surface area contributed by atoms with Crippen LogP contribution in [0.4, 0.5) is 13.2 Å². The lowest BCUT2D eigenvalue weighted by Crippen LogP contribution is -2.61. The van der Waals surface area contributed by atoms with Gasteiger partial charge in [-0.3, -0.25) is 19.4 Å². The van der Waals surface area contributed by atoms with Crippen molar-refractivity contribution in [3.63, 3.8) is 0 Å². The first kappa shape index (κ1) is 29.6. The van der Waals surface area contributed by atoms with E-state index in [1.165, 1.54) is 30.3 Å². The summed E-state index contributed by atoms with van der Waals surface area (Å²) in [5.74, 6) is -4.19. The molecule has 2 heterocycles. The van der Waals surface area contributed by atoms with Crippen LogP contribution in [0.15, 0.2) is 18.5 Å². The molecular formula is C25H31ClF3N5O4. The van der Waals surface area contributed by atoms with Crippen molar-refractivity contribution >= 4 is 29.3 Å². The molecule has 3 rings (SSSR count). The van der Waals surface area contributed by atoms with Crippen molar-refractivity contribution in [1.82, 2.24) is 20.5 Å². The molecule has 1 aromatic rings. The minimum atomic E-state index is -5.23. The molecule has 1 aliphatic heterocycles. The second-order valence-electron chi connectivity index (χ2n) is 11.3. The smallest absolute Gasteiger partial charge is 0.370 e. The van der Waals surface area contributed by atoms with Crippen LogP contribution in [0.5, 0.6) is 0 Å². The highest BCUT2D eigenvalue weighted by atomic mass is 35.5. The molecule has 1 saturated carbocycles. The summed E-state index contributed by atoms with van der Waals surface area (Å²) in [5, 5.41) is 14.3. The molecule has 1 aromatic heterocycles. The van der Waals surface area contributed by atoms with Crippen LogP contribution in [-0.2, 0) is 19.1 Å². The van der Waals surface area contributed by atoms with Crippen LogP contribution in [0.2, 0.25) is 5.02 Å². The van der Waals surface area contributed by atoms with Gasteiger partial charge in [-0.15, -0.1) is 0 Å². The third-order valence-corrected chi connectivity index (χ3v) is 7.26. The minimum Gasteiger partial charge on any atom is -0.370 e. The summed E-state index contributed by atoms with van der Waals surface area (Å²) in [6.45, 7) is 10.3. The molecule has 2 N–H and O–H groups in total. The number of ether oxygens (including phenoxy) is 1. The molecule has 38 heavy (non-hydrogen) atoms. The topological polar surface area (TPSA) is 124 Å². The fourth-order valence-electron chi connectivity index (χ4n) is 5.22. The van der Waals surface area contributed by atoms with Gasteiger partial charge in [0.15, 0.2) is 0 Å². The van der Waals surface area contributed by atoms with E-state index in [4.69, 9.17) is 16.3 Å². The van der Waals surface area contributed by atoms with Gasteiger partial charge in [0.1, 0.15) is 18.1 Å². The van der Waals surface area contributed by atoms with Crippen molar-refractivity contribution in [2.24, 2.45) is 17.3 Å².